The largest absolute Gasteiger partial charge is 0.350 e. The van der Waals surface area contributed by atoms with Crippen molar-refractivity contribution in [2.75, 3.05) is 5.32 Å². The number of nitrogens with zero attached hydrogens (tertiary/aromatic N) is 4. The molecular formula is C17H14N6O. The van der Waals surface area contributed by atoms with Gasteiger partial charge in [0, 0.05) is 6.20 Å². The van der Waals surface area contributed by atoms with Crippen molar-refractivity contribution < 1.29 is 0 Å². The average molecular weight is 318 g/mol. The minimum atomic E-state index is -0.231. The highest BCUT2D eigenvalue weighted by atomic mass is 16.1. The van der Waals surface area contributed by atoms with Crippen LogP contribution >= 0.6 is 0 Å². The molecule has 2 N–H and O–H groups in total. The first-order valence-electron chi connectivity index (χ1n) is 7.48. The van der Waals surface area contributed by atoms with E-state index in [-0.39, 0.29) is 5.56 Å². The van der Waals surface area contributed by atoms with Crippen LogP contribution in [0.15, 0.2) is 65.7 Å². The Morgan fingerprint density at radius 2 is 1.92 bits per heavy atom. The van der Waals surface area contributed by atoms with Gasteiger partial charge in [-0.3, -0.25) is 14.8 Å². The summed E-state index contributed by atoms with van der Waals surface area (Å²) in [6.07, 6.45) is 3.25. The predicted octanol–water partition coefficient (Wildman–Crippen LogP) is 2.12. The molecule has 0 aliphatic heterocycles. The summed E-state index contributed by atoms with van der Waals surface area (Å²) in [5, 5.41) is 7.82. The number of H-pyrrole nitrogens is 1. The molecule has 0 saturated heterocycles. The van der Waals surface area contributed by atoms with Crippen LogP contribution in [0.3, 0.4) is 0 Å². The molecule has 0 aliphatic rings. The third-order valence-corrected chi connectivity index (χ3v) is 3.60. The van der Waals surface area contributed by atoms with Crippen molar-refractivity contribution in [3.63, 3.8) is 0 Å². The summed E-state index contributed by atoms with van der Waals surface area (Å²) in [7, 11) is 0. The van der Waals surface area contributed by atoms with Crippen molar-refractivity contribution in [3.05, 3.63) is 77.0 Å². The summed E-state index contributed by atoms with van der Waals surface area (Å²) in [6.45, 7) is 0.467. The Kier molecular flexibility index (Phi) is 3.51. The van der Waals surface area contributed by atoms with E-state index in [9.17, 15) is 4.79 Å². The van der Waals surface area contributed by atoms with Crippen LogP contribution in [0.4, 0.5) is 5.95 Å². The molecule has 4 rings (SSSR count). The van der Waals surface area contributed by atoms with Crippen molar-refractivity contribution in [2.45, 2.75) is 6.54 Å². The molecular weight excluding hydrogens is 304 g/mol. The molecule has 0 spiro atoms. The van der Waals surface area contributed by atoms with Gasteiger partial charge in [0.15, 0.2) is 5.65 Å². The number of hydrogen-bond acceptors (Lipinski definition) is 5. The van der Waals surface area contributed by atoms with E-state index < -0.39 is 0 Å². The van der Waals surface area contributed by atoms with Crippen LogP contribution in [-0.4, -0.2) is 24.7 Å². The lowest BCUT2D eigenvalue weighted by Crippen LogP contribution is -2.14. The number of nitrogens with one attached hydrogen (secondary N) is 2. The van der Waals surface area contributed by atoms with Gasteiger partial charge in [0.25, 0.3) is 5.56 Å². The minimum absolute atomic E-state index is 0.231. The van der Waals surface area contributed by atoms with Gasteiger partial charge in [-0.05, 0) is 24.3 Å². The van der Waals surface area contributed by atoms with Crippen molar-refractivity contribution in [2.24, 2.45) is 0 Å². The Balaban J connectivity index is 1.72. The first-order valence-corrected chi connectivity index (χ1v) is 7.48. The molecule has 118 valence electrons. The second-order valence-corrected chi connectivity index (χ2v) is 5.22. The Bertz CT molecular complexity index is 1020. The third-order valence-electron chi connectivity index (χ3n) is 3.60. The number of pyridine rings is 1. The molecule has 3 heterocycles. The highest BCUT2D eigenvalue weighted by molar-refractivity contribution is 5.76. The molecule has 3 aromatic heterocycles. The van der Waals surface area contributed by atoms with Crippen molar-refractivity contribution in [3.8, 4) is 5.69 Å². The molecule has 0 radical (unpaired) electrons. The Labute approximate surface area is 137 Å². The number of hydrogen-bond donors (Lipinski definition) is 2. The van der Waals surface area contributed by atoms with E-state index in [0.29, 0.717) is 23.5 Å². The lowest BCUT2D eigenvalue weighted by atomic mass is 10.3. The maximum Gasteiger partial charge on any atom is 0.263 e. The zero-order valence-electron chi connectivity index (χ0n) is 12.7. The van der Waals surface area contributed by atoms with Gasteiger partial charge in [-0.2, -0.15) is 10.1 Å². The maximum absolute atomic E-state index is 12.3. The number of para-hydroxylation sites is 1. The first kappa shape index (κ1) is 14.1. The van der Waals surface area contributed by atoms with E-state index in [1.807, 2.05) is 48.5 Å². The molecule has 4 aromatic rings. The van der Waals surface area contributed by atoms with Gasteiger partial charge in [0.05, 0.1) is 24.1 Å². The van der Waals surface area contributed by atoms with E-state index in [0.717, 1.165) is 11.4 Å². The average Bonchev–Trinajstić information content (AvgIpc) is 3.06. The molecule has 1 aromatic carbocycles. The van der Waals surface area contributed by atoms with Crippen molar-refractivity contribution >= 4 is 17.0 Å². The molecule has 0 saturated carbocycles. The van der Waals surface area contributed by atoms with E-state index in [1.165, 1.54) is 6.20 Å². The number of fused-ring (bicyclic) bond motifs is 1. The van der Waals surface area contributed by atoms with Gasteiger partial charge in [0.1, 0.15) is 5.39 Å². The molecule has 7 heteroatoms. The second-order valence-electron chi connectivity index (χ2n) is 5.22. The topological polar surface area (TPSA) is 88.5 Å². The fourth-order valence-corrected chi connectivity index (χ4v) is 2.44. The lowest BCUT2D eigenvalue weighted by Gasteiger charge is -2.06. The zero-order valence-corrected chi connectivity index (χ0v) is 12.7. The molecule has 24 heavy (non-hydrogen) atoms. The number of benzene rings is 1. The third kappa shape index (κ3) is 2.63. The highest BCUT2D eigenvalue weighted by Gasteiger charge is 2.11. The van der Waals surface area contributed by atoms with Gasteiger partial charge in [-0.1, -0.05) is 24.3 Å². The second kappa shape index (κ2) is 5.96. The van der Waals surface area contributed by atoms with Crippen LogP contribution in [0.2, 0.25) is 0 Å². The van der Waals surface area contributed by atoms with E-state index in [1.54, 1.807) is 10.9 Å². The molecule has 0 amide bonds. The van der Waals surface area contributed by atoms with Crippen molar-refractivity contribution in [1.82, 2.24) is 24.7 Å². The monoisotopic (exact) mass is 318 g/mol. The number of aromatic nitrogens is 5. The molecule has 0 unspecified atom stereocenters. The molecule has 7 nitrogen and oxygen atoms in total. The summed E-state index contributed by atoms with van der Waals surface area (Å²) in [6, 6.07) is 15.2. The predicted molar refractivity (Wildman–Crippen MR) is 91.0 cm³/mol. The SMILES string of the molecule is O=c1[nH]c(NCc2ccccn2)nc2c1cnn2-c1ccccc1. The fraction of sp³-hybridized carbons (Fsp3) is 0.0588. The van der Waals surface area contributed by atoms with Gasteiger partial charge in [-0.15, -0.1) is 0 Å². The maximum atomic E-state index is 12.3. The van der Waals surface area contributed by atoms with Crippen molar-refractivity contribution in [1.29, 1.82) is 0 Å². The van der Waals surface area contributed by atoms with Crippen LogP contribution in [0, 0.1) is 0 Å². The van der Waals surface area contributed by atoms with Gasteiger partial charge in [0.2, 0.25) is 5.95 Å². The molecule has 0 fully saturated rings. The van der Waals surface area contributed by atoms with Gasteiger partial charge in [-0.25, -0.2) is 4.68 Å². The van der Waals surface area contributed by atoms with Crippen LogP contribution < -0.4 is 10.9 Å². The first-order chi connectivity index (χ1) is 11.8. The summed E-state index contributed by atoms with van der Waals surface area (Å²) in [4.78, 5) is 23.7. The smallest absolute Gasteiger partial charge is 0.263 e. The summed E-state index contributed by atoms with van der Waals surface area (Å²) >= 11 is 0. The highest BCUT2D eigenvalue weighted by Crippen LogP contribution is 2.14. The van der Waals surface area contributed by atoms with Crippen LogP contribution in [-0.2, 0) is 6.54 Å². The molecule has 0 bridgehead atoms. The molecule has 0 aliphatic carbocycles. The summed E-state index contributed by atoms with van der Waals surface area (Å²) < 4.78 is 1.65. The zero-order chi connectivity index (χ0) is 16.4. The normalized spacial score (nSPS) is 10.8. The standard InChI is InChI=1S/C17H14N6O/c24-16-14-11-20-23(13-7-2-1-3-8-13)15(14)21-17(22-16)19-10-12-6-4-5-9-18-12/h1-9,11H,10H2,(H2,19,21,22,24). The number of rotatable bonds is 4. The summed E-state index contributed by atoms with van der Waals surface area (Å²) in [5.74, 6) is 0.385. The van der Waals surface area contributed by atoms with Crippen LogP contribution in [0.5, 0.6) is 0 Å². The molecule has 0 atom stereocenters. The number of anilines is 1. The lowest BCUT2D eigenvalue weighted by molar-refractivity contribution is 0.892. The summed E-state index contributed by atoms with van der Waals surface area (Å²) in [5.41, 5.74) is 1.98. The van der Waals surface area contributed by atoms with Crippen LogP contribution in [0.1, 0.15) is 5.69 Å². The van der Waals surface area contributed by atoms with E-state index in [2.05, 4.69) is 25.4 Å². The van der Waals surface area contributed by atoms with Gasteiger partial charge < -0.3 is 5.32 Å². The Morgan fingerprint density at radius 1 is 1.08 bits per heavy atom. The van der Waals surface area contributed by atoms with E-state index >= 15 is 0 Å². The van der Waals surface area contributed by atoms with Gasteiger partial charge >= 0.3 is 0 Å². The Morgan fingerprint density at radius 3 is 2.71 bits per heavy atom. The fourth-order valence-electron chi connectivity index (χ4n) is 2.44. The quantitative estimate of drug-likeness (QED) is 0.601. The van der Waals surface area contributed by atoms with Crippen LogP contribution in [0.25, 0.3) is 16.7 Å². The number of aromatic amines is 1. The minimum Gasteiger partial charge on any atom is -0.350 e. The Hall–Kier alpha value is -3.48. The van der Waals surface area contributed by atoms with E-state index in [4.69, 9.17) is 0 Å².